The number of hydrogen-bond acceptors (Lipinski definition) is 6. The van der Waals surface area contributed by atoms with E-state index >= 15 is 0 Å². The number of ether oxygens (including phenoxy) is 1. The standard InChI is InChI=1S/C22H23ClN2O7S/c1-22(2,3)32-21(29)24-16-12-33(30,31)18-9-6-14(20(27)28)10-17(18)25(19(16)26)11-13-4-7-15(23)8-5-13/h4-10,16H,11-12H2,1-3H3,(H,24,29)(H,27,28)/t16-/m0/s1. The monoisotopic (exact) mass is 494 g/mol. The fourth-order valence-corrected chi connectivity index (χ4v) is 5.03. The number of carboxylic acid groups (broad SMARTS) is 1. The van der Waals surface area contributed by atoms with Crippen LogP contribution >= 0.6 is 11.6 Å². The average molecular weight is 495 g/mol. The van der Waals surface area contributed by atoms with Crippen molar-refractivity contribution in [1.29, 1.82) is 0 Å². The number of halogens is 1. The average Bonchev–Trinajstić information content (AvgIpc) is 2.76. The van der Waals surface area contributed by atoms with Crippen LogP contribution in [0.15, 0.2) is 47.4 Å². The van der Waals surface area contributed by atoms with Gasteiger partial charge in [0.2, 0.25) is 0 Å². The molecule has 0 aliphatic carbocycles. The van der Waals surface area contributed by atoms with Crippen LogP contribution in [0, 0.1) is 0 Å². The van der Waals surface area contributed by atoms with E-state index in [4.69, 9.17) is 16.3 Å². The molecule has 2 aromatic rings. The maximum Gasteiger partial charge on any atom is 0.408 e. The third kappa shape index (κ3) is 5.82. The number of nitrogens with one attached hydrogen (secondary N) is 1. The molecule has 1 aliphatic rings. The van der Waals surface area contributed by atoms with Gasteiger partial charge in [-0.25, -0.2) is 18.0 Å². The Bertz CT molecular complexity index is 1200. The Labute approximate surface area is 196 Å². The summed E-state index contributed by atoms with van der Waals surface area (Å²) in [7, 11) is -4.07. The number of anilines is 1. The van der Waals surface area contributed by atoms with E-state index in [9.17, 15) is 27.9 Å². The number of sulfone groups is 1. The number of carboxylic acids is 1. The van der Waals surface area contributed by atoms with Gasteiger partial charge < -0.3 is 20.1 Å². The van der Waals surface area contributed by atoms with Gasteiger partial charge in [-0.15, -0.1) is 0 Å². The molecule has 0 spiro atoms. The molecule has 9 nitrogen and oxygen atoms in total. The number of nitrogens with zero attached hydrogens (tertiary/aromatic N) is 1. The quantitative estimate of drug-likeness (QED) is 0.667. The molecule has 33 heavy (non-hydrogen) atoms. The molecule has 176 valence electrons. The second kappa shape index (κ2) is 9.03. The molecule has 0 bridgehead atoms. The van der Waals surface area contributed by atoms with Crippen LogP contribution in [-0.2, 0) is 25.9 Å². The van der Waals surface area contributed by atoms with Gasteiger partial charge in [0.15, 0.2) is 9.84 Å². The van der Waals surface area contributed by atoms with E-state index < -0.39 is 45.2 Å². The third-order valence-electron chi connectivity index (χ3n) is 4.73. The summed E-state index contributed by atoms with van der Waals surface area (Å²) >= 11 is 5.93. The minimum atomic E-state index is -4.07. The molecular formula is C22H23ClN2O7S. The Morgan fingerprint density at radius 2 is 1.82 bits per heavy atom. The molecule has 3 rings (SSSR count). The van der Waals surface area contributed by atoms with Crippen molar-refractivity contribution in [2.75, 3.05) is 10.7 Å². The smallest absolute Gasteiger partial charge is 0.408 e. The molecule has 0 saturated heterocycles. The summed E-state index contributed by atoms with van der Waals surface area (Å²) in [6, 6.07) is 8.55. The molecule has 11 heteroatoms. The van der Waals surface area contributed by atoms with Crippen molar-refractivity contribution >= 4 is 45.1 Å². The van der Waals surface area contributed by atoms with Crippen LogP contribution in [0.2, 0.25) is 5.02 Å². The van der Waals surface area contributed by atoms with Gasteiger partial charge in [0.1, 0.15) is 11.6 Å². The summed E-state index contributed by atoms with van der Waals surface area (Å²) in [5, 5.41) is 12.2. The van der Waals surface area contributed by atoms with Crippen LogP contribution < -0.4 is 10.2 Å². The highest BCUT2D eigenvalue weighted by molar-refractivity contribution is 7.91. The summed E-state index contributed by atoms with van der Waals surface area (Å²) in [6.45, 7) is 4.82. The van der Waals surface area contributed by atoms with Gasteiger partial charge in [0.25, 0.3) is 5.91 Å². The van der Waals surface area contributed by atoms with Crippen LogP contribution in [0.25, 0.3) is 0 Å². The lowest BCUT2D eigenvalue weighted by atomic mass is 10.1. The second-order valence-electron chi connectivity index (χ2n) is 8.52. The number of carbonyl (C=O) groups is 3. The van der Waals surface area contributed by atoms with Crippen LogP contribution in [0.3, 0.4) is 0 Å². The lowest BCUT2D eigenvalue weighted by Gasteiger charge is -2.27. The molecule has 0 unspecified atom stereocenters. The van der Waals surface area contributed by atoms with E-state index in [1.54, 1.807) is 45.0 Å². The van der Waals surface area contributed by atoms with Crippen molar-refractivity contribution in [2.45, 2.75) is 43.9 Å². The zero-order chi connectivity index (χ0) is 24.6. The summed E-state index contributed by atoms with van der Waals surface area (Å²) in [6.07, 6.45) is -0.945. The van der Waals surface area contributed by atoms with E-state index in [1.807, 2.05) is 0 Å². The number of amides is 2. The summed E-state index contributed by atoms with van der Waals surface area (Å²) in [5.41, 5.74) is -0.506. The topological polar surface area (TPSA) is 130 Å². The Kier molecular flexibility index (Phi) is 6.71. The molecule has 2 aromatic carbocycles. The fourth-order valence-electron chi connectivity index (χ4n) is 3.30. The van der Waals surface area contributed by atoms with Crippen molar-refractivity contribution in [3.8, 4) is 0 Å². The van der Waals surface area contributed by atoms with E-state index in [0.717, 1.165) is 23.1 Å². The largest absolute Gasteiger partial charge is 0.478 e. The Morgan fingerprint density at radius 1 is 1.18 bits per heavy atom. The zero-order valence-corrected chi connectivity index (χ0v) is 19.7. The molecule has 1 aliphatic heterocycles. The van der Waals surface area contributed by atoms with Crippen LogP contribution in [-0.4, -0.2) is 48.9 Å². The predicted molar refractivity (Wildman–Crippen MR) is 121 cm³/mol. The first-order chi connectivity index (χ1) is 15.3. The molecule has 2 amide bonds. The van der Waals surface area contributed by atoms with Gasteiger partial charge in [0, 0.05) is 5.02 Å². The van der Waals surface area contributed by atoms with E-state index in [1.165, 1.54) is 0 Å². The van der Waals surface area contributed by atoms with Gasteiger partial charge >= 0.3 is 12.1 Å². The lowest BCUT2D eigenvalue weighted by molar-refractivity contribution is -0.120. The molecule has 1 atom stereocenters. The molecule has 0 fully saturated rings. The molecule has 1 heterocycles. The third-order valence-corrected chi connectivity index (χ3v) is 6.77. The summed E-state index contributed by atoms with van der Waals surface area (Å²) in [5.74, 6) is -2.70. The van der Waals surface area contributed by atoms with Crippen molar-refractivity contribution in [1.82, 2.24) is 5.32 Å². The first-order valence-corrected chi connectivity index (χ1v) is 12.0. The van der Waals surface area contributed by atoms with Crippen LogP contribution in [0.5, 0.6) is 0 Å². The highest BCUT2D eigenvalue weighted by Crippen LogP contribution is 2.33. The fraction of sp³-hybridized carbons (Fsp3) is 0.318. The van der Waals surface area contributed by atoms with Gasteiger partial charge in [-0.1, -0.05) is 23.7 Å². The normalized spacial score (nSPS) is 17.6. The Hall–Kier alpha value is -3.11. The molecular weight excluding hydrogens is 472 g/mol. The van der Waals surface area contributed by atoms with Crippen LogP contribution in [0.4, 0.5) is 10.5 Å². The van der Waals surface area contributed by atoms with Crippen LogP contribution in [0.1, 0.15) is 36.7 Å². The van der Waals surface area contributed by atoms with Crippen molar-refractivity contribution in [3.63, 3.8) is 0 Å². The first kappa shape index (κ1) is 24.5. The molecule has 0 saturated carbocycles. The maximum absolute atomic E-state index is 13.5. The molecule has 0 aromatic heterocycles. The first-order valence-electron chi connectivity index (χ1n) is 9.92. The van der Waals surface area contributed by atoms with Crippen molar-refractivity contribution in [3.05, 3.63) is 58.6 Å². The van der Waals surface area contributed by atoms with E-state index in [2.05, 4.69) is 5.32 Å². The zero-order valence-electron chi connectivity index (χ0n) is 18.2. The Morgan fingerprint density at radius 3 is 2.39 bits per heavy atom. The number of rotatable bonds is 4. The number of benzene rings is 2. The van der Waals surface area contributed by atoms with Gasteiger partial charge in [0.05, 0.1) is 28.4 Å². The minimum absolute atomic E-state index is 0.0753. The lowest BCUT2D eigenvalue weighted by Crippen LogP contribution is -2.51. The molecule has 2 N–H and O–H groups in total. The maximum atomic E-state index is 13.5. The van der Waals surface area contributed by atoms with Gasteiger partial charge in [-0.3, -0.25) is 4.79 Å². The van der Waals surface area contributed by atoms with Crippen molar-refractivity contribution < 1.29 is 32.6 Å². The predicted octanol–water partition coefficient (Wildman–Crippen LogP) is 3.25. The van der Waals surface area contributed by atoms with Crippen molar-refractivity contribution in [2.24, 2.45) is 0 Å². The SMILES string of the molecule is CC(C)(C)OC(=O)N[C@H]1CS(=O)(=O)c2ccc(C(=O)O)cc2N(Cc2ccc(Cl)cc2)C1=O. The molecule has 0 radical (unpaired) electrons. The summed E-state index contributed by atoms with van der Waals surface area (Å²) in [4.78, 5) is 38.3. The highest BCUT2D eigenvalue weighted by atomic mass is 35.5. The number of fused-ring (bicyclic) bond motifs is 1. The Balaban J connectivity index is 2.09. The van der Waals surface area contributed by atoms with E-state index in [0.29, 0.717) is 10.6 Å². The minimum Gasteiger partial charge on any atom is -0.478 e. The number of carbonyl (C=O) groups excluding carboxylic acids is 2. The number of hydrogen-bond donors (Lipinski definition) is 2. The number of aromatic carboxylic acids is 1. The second-order valence-corrected chi connectivity index (χ2v) is 11.0. The van der Waals surface area contributed by atoms with Gasteiger partial charge in [-0.05, 0) is 56.7 Å². The summed E-state index contributed by atoms with van der Waals surface area (Å²) < 4.78 is 31.4. The van der Waals surface area contributed by atoms with E-state index in [-0.39, 0.29) is 22.7 Å². The van der Waals surface area contributed by atoms with Gasteiger partial charge in [-0.2, -0.15) is 0 Å². The highest BCUT2D eigenvalue weighted by Gasteiger charge is 2.39. The number of alkyl carbamates (subject to hydrolysis) is 1.